The number of aromatic nitrogens is 1. The van der Waals surface area contributed by atoms with Crippen LogP contribution in [-0.4, -0.2) is 10.7 Å². The summed E-state index contributed by atoms with van der Waals surface area (Å²) in [6, 6.07) is 25.5. The fraction of sp³-hybridized carbons (Fsp3) is 0.148. The third kappa shape index (κ3) is 4.21. The Balaban J connectivity index is 1.83. The molecule has 0 unspecified atom stereocenters. The maximum absolute atomic E-state index is 13.4. The topological polar surface area (TPSA) is 84.1 Å². The molecule has 0 saturated heterocycles. The lowest BCUT2D eigenvalue weighted by molar-refractivity contribution is 0.195. The van der Waals surface area contributed by atoms with Crippen LogP contribution in [0, 0.1) is 18.3 Å². The van der Waals surface area contributed by atoms with E-state index in [4.69, 9.17) is 4.74 Å². The number of carbonyl (C=O) groups is 1. The van der Waals surface area contributed by atoms with Crippen molar-refractivity contribution in [2.24, 2.45) is 0 Å². The Labute approximate surface area is 191 Å². The van der Waals surface area contributed by atoms with Gasteiger partial charge in [0.2, 0.25) is 0 Å². The van der Waals surface area contributed by atoms with Crippen LogP contribution < -0.4 is 15.6 Å². The van der Waals surface area contributed by atoms with Crippen molar-refractivity contribution in [1.82, 2.24) is 9.88 Å². The molecule has 4 aromatic rings. The highest BCUT2D eigenvalue weighted by Crippen LogP contribution is 2.31. The Bertz CT molecular complexity index is 1400. The fourth-order valence-corrected chi connectivity index (χ4v) is 4.01. The number of para-hydroxylation sites is 1. The van der Waals surface area contributed by atoms with E-state index in [0.717, 1.165) is 5.56 Å². The number of hydrogen-bond acceptors (Lipinski definition) is 4. The molecule has 1 heterocycles. The van der Waals surface area contributed by atoms with Gasteiger partial charge in [-0.3, -0.25) is 9.36 Å². The Hall–Kier alpha value is -4.37. The lowest BCUT2D eigenvalue weighted by atomic mass is 10.0. The van der Waals surface area contributed by atoms with Crippen molar-refractivity contribution in [2.45, 2.75) is 26.3 Å². The van der Waals surface area contributed by atoms with E-state index < -0.39 is 6.09 Å². The number of amides is 1. The number of pyridine rings is 1. The monoisotopic (exact) mass is 437 g/mol. The van der Waals surface area contributed by atoms with Crippen LogP contribution in [-0.2, 0) is 0 Å². The third-order valence-corrected chi connectivity index (χ3v) is 5.62. The quantitative estimate of drug-likeness (QED) is 0.452. The maximum atomic E-state index is 13.4. The molecule has 0 aliphatic carbocycles. The van der Waals surface area contributed by atoms with Gasteiger partial charge in [-0.15, -0.1) is 0 Å². The second-order valence-electron chi connectivity index (χ2n) is 7.64. The van der Waals surface area contributed by atoms with Gasteiger partial charge in [0, 0.05) is 11.1 Å². The van der Waals surface area contributed by atoms with Gasteiger partial charge >= 0.3 is 6.09 Å². The number of ether oxygens (including phenoxy) is 1. The zero-order valence-corrected chi connectivity index (χ0v) is 18.4. The maximum Gasteiger partial charge on any atom is 0.413 e. The molecule has 6 nitrogen and oxygen atoms in total. The van der Waals surface area contributed by atoms with Crippen LogP contribution in [0.4, 0.5) is 4.79 Å². The molecule has 6 heteroatoms. The minimum Gasteiger partial charge on any atom is -0.408 e. The predicted octanol–water partition coefficient (Wildman–Crippen LogP) is 5.41. The second kappa shape index (κ2) is 9.41. The zero-order chi connectivity index (χ0) is 23.4. The van der Waals surface area contributed by atoms with Crippen molar-refractivity contribution in [3.05, 3.63) is 106 Å². The van der Waals surface area contributed by atoms with Crippen LogP contribution in [0.5, 0.6) is 5.75 Å². The number of hydrogen-bond donors (Lipinski definition) is 1. The van der Waals surface area contributed by atoms with Crippen LogP contribution in [0.15, 0.2) is 83.7 Å². The molecule has 0 radical (unpaired) electrons. The fourth-order valence-electron chi connectivity index (χ4n) is 4.01. The van der Waals surface area contributed by atoms with Crippen molar-refractivity contribution in [3.8, 4) is 17.5 Å². The molecular formula is C27H23N3O3. The van der Waals surface area contributed by atoms with Gasteiger partial charge in [0.1, 0.15) is 0 Å². The molecule has 1 amide bonds. The summed E-state index contributed by atoms with van der Waals surface area (Å²) in [7, 11) is 0. The largest absolute Gasteiger partial charge is 0.413 e. The van der Waals surface area contributed by atoms with Crippen LogP contribution in [0.1, 0.15) is 36.2 Å². The number of nitrogens with one attached hydrogen (secondary N) is 1. The van der Waals surface area contributed by atoms with E-state index in [2.05, 4.69) is 11.4 Å². The average molecular weight is 437 g/mol. The number of nitriles is 1. The first-order valence-corrected chi connectivity index (χ1v) is 10.7. The van der Waals surface area contributed by atoms with Gasteiger partial charge in [-0.05, 0) is 37.1 Å². The molecule has 4 rings (SSSR count). The van der Waals surface area contributed by atoms with E-state index in [9.17, 15) is 14.9 Å². The first-order chi connectivity index (χ1) is 16.0. The minimum atomic E-state index is -0.629. The Kier molecular flexibility index (Phi) is 6.23. The molecule has 1 atom stereocenters. The molecule has 33 heavy (non-hydrogen) atoms. The summed E-state index contributed by atoms with van der Waals surface area (Å²) in [5, 5.41) is 13.2. The minimum absolute atomic E-state index is 0.215. The van der Waals surface area contributed by atoms with Crippen LogP contribution >= 0.6 is 0 Å². The highest BCUT2D eigenvalue weighted by Gasteiger charge is 2.22. The van der Waals surface area contributed by atoms with Crippen molar-refractivity contribution in [3.63, 3.8) is 0 Å². The molecule has 1 aromatic heterocycles. The average Bonchev–Trinajstić information content (AvgIpc) is 2.86. The summed E-state index contributed by atoms with van der Waals surface area (Å²) in [4.78, 5) is 26.4. The van der Waals surface area contributed by atoms with Crippen molar-refractivity contribution < 1.29 is 9.53 Å². The normalized spacial score (nSPS) is 11.5. The molecule has 0 bridgehead atoms. The van der Waals surface area contributed by atoms with Crippen LogP contribution in [0.25, 0.3) is 16.5 Å². The van der Waals surface area contributed by atoms with E-state index in [0.29, 0.717) is 23.2 Å². The van der Waals surface area contributed by atoms with Crippen molar-refractivity contribution >= 4 is 16.9 Å². The van der Waals surface area contributed by atoms with Crippen LogP contribution in [0.3, 0.4) is 0 Å². The molecule has 1 N–H and O–H groups in total. The van der Waals surface area contributed by atoms with E-state index in [1.807, 2.05) is 55.5 Å². The van der Waals surface area contributed by atoms with E-state index in [1.165, 1.54) is 4.57 Å². The smallest absolute Gasteiger partial charge is 0.408 e. The van der Waals surface area contributed by atoms with E-state index in [1.54, 1.807) is 37.3 Å². The Morgan fingerprint density at radius 3 is 2.33 bits per heavy atom. The number of rotatable bonds is 5. The predicted molar refractivity (Wildman–Crippen MR) is 128 cm³/mol. The summed E-state index contributed by atoms with van der Waals surface area (Å²) < 4.78 is 7.28. The Morgan fingerprint density at radius 1 is 1.03 bits per heavy atom. The standard InChI is InChI=1S/C27H23N3O3/c1-3-23(19-11-6-4-7-12-19)29-27(32)33-25-18(2)30(21-14-8-5-9-15-21)26(31)24-20(17-28)13-10-16-22(24)25/h4-16,23H,3H2,1-2H3,(H,29,32)/t23-/m0/s1. The van der Waals surface area contributed by atoms with Gasteiger partial charge < -0.3 is 10.1 Å². The molecule has 0 aliphatic rings. The SMILES string of the molecule is CC[C@H](NC(=O)Oc1c(C)n(-c2ccccc2)c(=O)c2c(C#N)cccc12)c1ccccc1. The number of nitrogens with zero attached hydrogens (tertiary/aromatic N) is 2. The summed E-state index contributed by atoms with van der Waals surface area (Å²) in [6.07, 6.45) is 0.0525. The summed E-state index contributed by atoms with van der Waals surface area (Å²) in [6.45, 7) is 3.71. The zero-order valence-electron chi connectivity index (χ0n) is 18.4. The first kappa shape index (κ1) is 21.8. The van der Waals surface area contributed by atoms with E-state index >= 15 is 0 Å². The number of benzene rings is 3. The second-order valence-corrected chi connectivity index (χ2v) is 7.64. The van der Waals surface area contributed by atoms with Crippen molar-refractivity contribution in [1.29, 1.82) is 5.26 Å². The lowest BCUT2D eigenvalue weighted by Gasteiger charge is -2.20. The van der Waals surface area contributed by atoms with Gasteiger partial charge in [0.15, 0.2) is 5.75 Å². The van der Waals surface area contributed by atoms with Gasteiger partial charge in [0.25, 0.3) is 5.56 Å². The van der Waals surface area contributed by atoms with Gasteiger partial charge in [-0.25, -0.2) is 4.79 Å². The summed E-state index contributed by atoms with van der Waals surface area (Å²) in [5.74, 6) is 0.242. The summed E-state index contributed by atoms with van der Waals surface area (Å²) in [5.41, 5.74) is 1.95. The Morgan fingerprint density at radius 2 is 1.70 bits per heavy atom. The molecular weight excluding hydrogens is 414 g/mol. The van der Waals surface area contributed by atoms with Gasteiger partial charge in [-0.2, -0.15) is 5.26 Å². The molecule has 0 saturated carbocycles. The molecule has 3 aromatic carbocycles. The molecule has 0 fully saturated rings. The lowest BCUT2D eigenvalue weighted by Crippen LogP contribution is -2.32. The molecule has 0 spiro atoms. The molecule has 0 aliphatic heterocycles. The van der Waals surface area contributed by atoms with Crippen molar-refractivity contribution in [2.75, 3.05) is 0 Å². The number of carbonyl (C=O) groups excluding carboxylic acids is 1. The van der Waals surface area contributed by atoms with Gasteiger partial charge in [0.05, 0.1) is 28.8 Å². The first-order valence-electron chi connectivity index (χ1n) is 10.7. The highest BCUT2D eigenvalue weighted by molar-refractivity contribution is 5.94. The van der Waals surface area contributed by atoms with E-state index in [-0.39, 0.29) is 28.3 Å². The molecule has 164 valence electrons. The van der Waals surface area contributed by atoms with Gasteiger partial charge in [-0.1, -0.05) is 67.6 Å². The third-order valence-electron chi connectivity index (χ3n) is 5.62. The highest BCUT2D eigenvalue weighted by atomic mass is 16.6. The number of fused-ring (bicyclic) bond motifs is 1. The summed E-state index contributed by atoms with van der Waals surface area (Å²) >= 11 is 0. The van der Waals surface area contributed by atoms with Crippen LogP contribution in [0.2, 0.25) is 0 Å².